The Balaban J connectivity index is 2.51. The van der Waals surface area contributed by atoms with E-state index in [1.54, 1.807) is 6.20 Å². The molecule has 1 N–H and O–H groups in total. The van der Waals surface area contributed by atoms with Crippen LogP contribution in [0, 0.1) is 5.92 Å². The molecule has 0 saturated carbocycles. The van der Waals surface area contributed by atoms with Gasteiger partial charge in [0.05, 0.1) is 0 Å². The van der Waals surface area contributed by atoms with Crippen molar-refractivity contribution in [2.75, 3.05) is 6.61 Å². The lowest BCUT2D eigenvalue weighted by atomic mass is 10.1. The molecule has 1 atom stereocenters. The van der Waals surface area contributed by atoms with Crippen molar-refractivity contribution in [3.8, 4) is 0 Å². The zero-order chi connectivity index (χ0) is 8.10. The molecule has 1 aromatic heterocycles. The van der Waals surface area contributed by atoms with Gasteiger partial charge in [-0.3, -0.25) is 4.98 Å². The highest BCUT2D eigenvalue weighted by atomic mass is 16.3. The molecule has 0 bridgehead atoms. The fraction of sp³-hybridized carbons (Fsp3) is 0.444. The van der Waals surface area contributed by atoms with Gasteiger partial charge in [0.2, 0.25) is 0 Å². The highest BCUT2D eigenvalue weighted by Gasteiger charge is 2.00. The Labute approximate surface area is 66.9 Å². The average molecular weight is 151 g/mol. The highest BCUT2D eigenvalue weighted by Crippen LogP contribution is 2.03. The number of hydrogen-bond acceptors (Lipinski definition) is 2. The predicted molar refractivity (Wildman–Crippen MR) is 44.2 cm³/mol. The summed E-state index contributed by atoms with van der Waals surface area (Å²) in [7, 11) is 0. The first-order chi connectivity index (χ1) is 5.33. The van der Waals surface area contributed by atoms with Gasteiger partial charge in [-0.2, -0.15) is 0 Å². The van der Waals surface area contributed by atoms with Crippen molar-refractivity contribution in [3.63, 3.8) is 0 Å². The van der Waals surface area contributed by atoms with Crippen LogP contribution >= 0.6 is 0 Å². The molecule has 60 valence electrons. The second-order valence-electron chi connectivity index (χ2n) is 2.81. The molecule has 0 fully saturated rings. The predicted octanol–water partition coefficient (Wildman–Crippen LogP) is 1.25. The molecule has 1 rings (SSSR count). The van der Waals surface area contributed by atoms with Crippen LogP contribution in [0.2, 0.25) is 0 Å². The average Bonchev–Trinajstić information content (AvgIpc) is 2.06. The van der Waals surface area contributed by atoms with Gasteiger partial charge in [-0.25, -0.2) is 0 Å². The molecular formula is C9H13NO. The van der Waals surface area contributed by atoms with Gasteiger partial charge < -0.3 is 5.11 Å². The van der Waals surface area contributed by atoms with E-state index in [9.17, 15) is 0 Å². The van der Waals surface area contributed by atoms with Gasteiger partial charge in [0.1, 0.15) is 0 Å². The number of aliphatic hydroxyl groups excluding tert-OH is 1. The van der Waals surface area contributed by atoms with Crippen molar-refractivity contribution in [3.05, 3.63) is 30.1 Å². The Morgan fingerprint density at radius 2 is 2.36 bits per heavy atom. The molecule has 0 amide bonds. The second kappa shape index (κ2) is 4.09. The highest BCUT2D eigenvalue weighted by molar-refractivity contribution is 5.03. The number of aromatic nitrogens is 1. The van der Waals surface area contributed by atoms with Gasteiger partial charge in [-0.05, 0) is 24.5 Å². The summed E-state index contributed by atoms with van der Waals surface area (Å²) in [5, 5.41) is 8.77. The second-order valence-corrected chi connectivity index (χ2v) is 2.81. The Morgan fingerprint density at radius 1 is 1.55 bits per heavy atom. The van der Waals surface area contributed by atoms with Crippen molar-refractivity contribution >= 4 is 0 Å². The van der Waals surface area contributed by atoms with Crippen molar-refractivity contribution in [2.24, 2.45) is 5.92 Å². The van der Waals surface area contributed by atoms with Crippen LogP contribution in [-0.2, 0) is 6.42 Å². The normalized spacial score (nSPS) is 12.9. The lowest BCUT2D eigenvalue weighted by molar-refractivity contribution is 0.236. The van der Waals surface area contributed by atoms with Gasteiger partial charge in [-0.15, -0.1) is 0 Å². The first kappa shape index (κ1) is 8.21. The summed E-state index contributed by atoms with van der Waals surface area (Å²) in [4.78, 5) is 4.16. The van der Waals surface area contributed by atoms with Crippen LogP contribution in [0.3, 0.4) is 0 Å². The van der Waals surface area contributed by atoms with Crippen LogP contribution in [0.1, 0.15) is 12.6 Å². The Kier molecular flexibility index (Phi) is 3.05. The van der Waals surface area contributed by atoms with Crippen molar-refractivity contribution < 1.29 is 5.11 Å². The number of nitrogens with zero attached hydrogens (tertiary/aromatic N) is 1. The number of pyridine rings is 1. The van der Waals surface area contributed by atoms with E-state index in [0.29, 0.717) is 5.92 Å². The van der Waals surface area contributed by atoms with Crippen LogP contribution < -0.4 is 0 Å². The molecule has 11 heavy (non-hydrogen) atoms. The molecule has 2 nitrogen and oxygen atoms in total. The molecule has 0 aliphatic rings. The smallest absolute Gasteiger partial charge is 0.0460 e. The van der Waals surface area contributed by atoms with E-state index in [2.05, 4.69) is 4.98 Å². The van der Waals surface area contributed by atoms with E-state index in [1.807, 2.05) is 25.1 Å². The van der Waals surface area contributed by atoms with Gasteiger partial charge in [0.25, 0.3) is 0 Å². The van der Waals surface area contributed by atoms with E-state index >= 15 is 0 Å². The third kappa shape index (κ3) is 2.68. The first-order valence-corrected chi connectivity index (χ1v) is 3.83. The quantitative estimate of drug-likeness (QED) is 0.705. The molecule has 1 aromatic rings. The zero-order valence-corrected chi connectivity index (χ0v) is 6.70. The summed E-state index contributed by atoms with van der Waals surface area (Å²) in [5.41, 5.74) is 1.05. The Morgan fingerprint density at radius 3 is 2.91 bits per heavy atom. The van der Waals surface area contributed by atoms with Crippen LogP contribution in [0.4, 0.5) is 0 Å². The standard InChI is InChI=1S/C9H13NO/c1-8(7-11)6-9-4-2-3-5-10-9/h2-5,8,11H,6-7H2,1H3. The Hall–Kier alpha value is -0.890. The topological polar surface area (TPSA) is 33.1 Å². The molecule has 0 spiro atoms. The minimum atomic E-state index is 0.233. The van der Waals surface area contributed by atoms with Crippen molar-refractivity contribution in [1.29, 1.82) is 0 Å². The lowest BCUT2D eigenvalue weighted by Crippen LogP contribution is -2.05. The summed E-state index contributed by atoms with van der Waals surface area (Å²) >= 11 is 0. The SMILES string of the molecule is CC(CO)Cc1ccccn1. The third-order valence-corrected chi connectivity index (χ3v) is 1.60. The summed E-state index contributed by atoms with van der Waals surface area (Å²) in [6.45, 7) is 2.24. The molecule has 0 aliphatic heterocycles. The molecule has 2 heteroatoms. The van der Waals surface area contributed by atoms with E-state index < -0.39 is 0 Å². The number of hydrogen-bond donors (Lipinski definition) is 1. The Bertz CT molecular complexity index is 198. The van der Waals surface area contributed by atoms with Gasteiger partial charge >= 0.3 is 0 Å². The van der Waals surface area contributed by atoms with Crippen molar-refractivity contribution in [2.45, 2.75) is 13.3 Å². The fourth-order valence-electron chi connectivity index (χ4n) is 0.940. The molecule has 1 heterocycles. The van der Waals surface area contributed by atoms with E-state index in [0.717, 1.165) is 12.1 Å². The largest absolute Gasteiger partial charge is 0.396 e. The maximum absolute atomic E-state index is 8.77. The van der Waals surface area contributed by atoms with Gasteiger partial charge in [0.15, 0.2) is 0 Å². The van der Waals surface area contributed by atoms with E-state index in [-0.39, 0.29) is 6.61 Å². The summed E-state index contributed by atoms with van der Waals surface area (Å²) in [6.07, 6.45) is 2.64. The van der Waals surface area contributed by atoms with Gasteiger partial charge in [0, 0.05) is 18.5 Å². The van der Waals surface area contributed by atoms with Crippen LogP contribution in [0.15, 0.2) is 24.4 Å². The van der Waals surface area contributed by atoms with Crippen molar-refractivity contribution in [1.82, 2.24) is 4.98 Å². The van der Waals surface area contributed by atoms with Gasteiger partial charge in [-0.1, -0.05) is 13.0 Å². The number of aliphatic hydroxyl groups is 1. The molecule has 0 saturated heterocycles. The molecule has 1 unspecified atom stereocenters. The maximum Gasteiger partial charge on any atom is 0.0460 e. The zero-order valence-electron chi connectivity index (χ0n) is 6.70. The van der Waals surface area contributed by atoms with Crippen LogP contribution in [0.25, 0.3) is 0 Å². The first-order valence-electron chi connectivity index (χ1n) is 3.83. The number of rotatable bonds is 3. The lowest BCUT2D eigenvalue weighted by Gasteiger charge is -2.05. The summed E-state index contributed by atoms with van der Waals surface area (Å²) < 4.78 is 0. The third-order valence-electron chi connectivity index (χ3n) is 1.60. The molecular weight excluding hydrogens is 138 g/mol. The van der Waals surface area contributed by atoms with Crippen LogP contribution in [0.5, 0.6) is 0 Å². The fourth-order valence-corrected chi connectivity index (χ4v) is 0.940. The van der Waals surface area contributed by atoms with Crippen LogP contribution in [-0.4, -0.2) is 16.7 Å². The molecule has 0 aliphatic carbocycles. The van der Waals surface area contributed by atoms with E-state index in [1.165, 1.54) is 0 Å². The summed E-state index contributed by atoms with van der Waals surface area (Å²) in [6, 6.07) is 5.84. The minimum Gasteiger partial charge on any atom is -0.396 e. The summed E-state index contributed by atoms with van der Waals surface area (Å²) in [5.74, 6) is 0.310. The monoisotopic (exact) mass is 151 g/mol. The molecule has 0 radical (unpaired) electrons. The maximum atomic E-state index is 8.77. The minimum absolute atomic E-state index is 0.233. The van der Waals surface area contributed by atoms with E-state index in [4.69, 9.17) is 5.11 Å². The molecule has 0 aromatic carbocycles.